The van der Waals surface area contributed by atoms with E-state index < -0.39 is 0 Å². The van der Waals surface area contributed by atoms with Gasteiger partial charge in [-0.1, -0.05) is 78.9 Å². The highest BCUT2D eigenvalue weighted by molar-refractivity contribution is 6.01. The third-order valence-electron chi connectivity index (χ3n) is 4.38. The smallest absolute Gasteiger partial charge is 0.00757 e. The lowest BCUT2D eigenvalue weighted by atomic mass is 9.91. The lowest BCUT2D eigenvalue weighted by Gasteiger charge is -2.13. The van der Waals surface area contributed by atoms with Crippen molar-refractivity contribution in [2.45, 2.75) is 6.92 Å². The minimum absolute atomic E-state index is 1.26. The van der Waals surface area contributed by atoms with E-state index in [2.05, 4.69) is 97.9 Å². The molecule has 0 atom stereocenters. The van der Waals surface area contributed by atoms with Gasteiger partial charge in [0, 0.05) is 0 Å². The highest BCUT2D eigenvalue weighted by atomic mass is 14.1. The van der Waals surface area contributed by atoms with E-state index >= 15 is 0 Å². The Hall–Kier alpha value is -2.86. The number of aryl methyl sites for hydroxylation is 1. The molecular formula is C23H18. The summed E-state index contributed by atoms with van der Waals surface area (Å²) >= 11 is 0. The Bertz CT molecular complexity index is 951. The van der Waals surface area contributed by atoms with Crippen LogP contribution >= 0.6 is 0 Å². The lowest BCUT2D eigenvalue weighted by molar-refractivity contribution is 1.52. The van der Waals surface area contributed by atoms with E-state index in [-0.39, 0.29) is 0 Å². The largest absolute Gasteiger partial charge is 0.0622 e. The molecule has 0 amide bonds. The van der Waals surface area contributed by atoms with Crippen LogP contribution in [0.25, 0.3) is 33.0 Å². The van der Waals surface area contributed by atoms with Crippen LogP contribution in [0.1, 0.15) is 5.56 Å². The van der Waals surface area contributed by atoms with Gasteiger partial charge < -0.3 is 0 Å². The second-order valence-electron chi connectivity index (χ2n) is 5.93. The summed E-state index contributed by atoms with van der Waals surface area (Å²) in [5, 5.41) is 2.64. The first-order valence-corrected chi connectivity index (χ1v) is 7.97. The molecule has 0 heteroatoms. The summed E-state index contributed by atoms with van der Waals surface area (Å²) < 4.78 is 0. The average Bonchev–Trinajstić information content (AvgIpc) is 2.62. The molecule has 0 aliphatic rings. The third-order valence-corrected chi connectivity index (χ3v) is 4.38. The predicted molar refractivity (Wildman–Crippen MR) is 99.6 cm³/mol. The number of benzene rings is 4. The summed E-state index contributed by atoms with van der Waals surface area (Å²) in [6.45, 7) is 2.19. The van der Waals surface area contributed by atoms with E-state index in [0.29, 0.717) is 0 Å². The van der Waals surface area contributed by atoms with E-state index in [0.717, 1.165) is 0 Å². The first kappa shape index (κ1) is 13.8. The molecule has 0 saturated heterocycles. The normalized spacial score (nSPS) is 10.8. The number of fused-ring (bicyclic) bond motifs is 1. The zero-order valence-electron chi connectivity index (χ0n) is 13.2. The quantitative estimate of drug-likeness (QED) is 0.397. The molecule has 0 aliphatic carbocycles. The molecule has 0 aliphatic heterocycles. The molecule has 0 nitrogen and oxygen atoms in total. The van der Waals surface area contributed by atoms with Crippen molar-refractivity contribution in [3.8, 4) is 22.3 Å². The van der Waals surface area contributed by atoms with Gasteiger partial charge in [-0.05, 0) is 57.6 Å². The van der Waals surface area contributed by atoms with Crippen LogP contribution in [0, 0.1) is 6.92 Å². The Morgan fingerprint density at radius 3 is 1.87 bits per heavy atom. The predicted octanol–water partition coefficient (Wildman–Crippen LogP) is 6.48. The molecule has 110 valence electrons. The average molecular weight is 294 g/mol. The van der Waals surface area contributed by atoms with Gasteiger partial charge in [-0.2, -0.15) is 0 Å². The Morgan fingerprint density at radius 1 is 0.522 bits per heavy atom. The van der Waals surface area contributed by atoms with Crippen molar-refractivity contribution in [2.75, 3.05) is 0 Å². The minimum Gasteiger partial charge on any atom is -0.0622 e. The van der Waals surface area contributed by atoms with E-state index in [1.165, 1.54) is 38.6 Å². The van der Waals surface area contributed by atoms with Gasteiger partial charge in [-0.15, -0.1) is 0 Å². The van der Waals surface area contributed by atoms with Gasteiger partial charge in [0.05, 0.1) is 0 Å². The SMILES string of the molecule is Cc1cccc2cc(-c3ccccc3)cc(-c3ccccc3)c12. The first-order chi connectivity index (χ1) is 11.3. The molecular weight excluding hydrogens is 276 g/mol. The second kappa shape index (κ2) is 5.73. The standard InChI is InChI=1S/C23H18/c1-17-9-8-14-20-15-21(18-10-4-2-5-11-18)16-22(23(17)20)19-12-6-3-7-13-19/h2-16H,1H3. The number of hydrogen-bond donors (Lipinski definition) is 0. The summed E-state index contributed by atoms with van der Waals surface area (Å²) in [4.78, 5) is 0. The number of rotatable bonds is 2. The summed E-state index contributed by atoms with van der Waals surface area (Å²) in [6.07, 6.45) is 0. The molecule has 0 heterocycles. The molecule has 0 aromatic heterocycles. The maximum Gasteiger partial charge on any atom is -0.00757 e. The molecule has 0 radical (unpaired) electrons. The van der Waals surface area contributed by atoms with Crippen molar-refractivity contribution >= 4 is 10.8 Å². The third kappa shape index (κ3) is 2.53. The van der Waals surface area contributed by atoms with Gasteiger partial charge in [0.1, 0.15) is 0 Å². The summed E-state index contributed by atoms with van der Waals surface area (Å²) in [5.74, 6) is 0. The fraction of sp³-hybridized carbons (Fsp3) is 0.0435. The summed E-state index contributed by atoms with van der Waals surface area (Å²) in [7, 11) is 0. The van der Waals surface area contributed by atoms with E-state index in [1.807, 2.05) is 0 Å². The van der Waals surface area contributed by atoms with E-state index in [4.69, 9.17) is 0 Å². The fourth-order valence-electron chi connectivity index (χ4n) is 3.26. The molecule has 0 N–H and O–H groups in total. The van der Waals surface area contributed by atoms with Crippen LogP contribution < -0.4 is 0 Å². The van der Waals surface area contributed by atoms with Crippen molar-refractivity contribution in [3.05, 3.63) is 96.6 Å². The van der Waals surface area contributed by atoms with Crippen molar-refractivity contribution < 1.29 is 0 Å². The topological polar surface area (TPSA) is 0 Å². The minimum atomic E-state index is 1.26. The van der Waals surface area contributed by atoms with Crippen LogP contribution in [-0.2, 0) is 0 Å². The van der Waals surface area contributed by atoms with E-state index in [1.54, 1.807) is 0 Å². The first-order valence-electron chi connectivity index (χ1n) is 7.97. The van der Waals surface area contributed by atoms with Gasteiger partial charge in [-0.3, -0.25) is 0 Å². The lowest BCUT2D eigenvalue weighted by Crippen LogP contribution is -1.87. The zero-order chi connectivity index (χ0) is 15.6. The van der Waals surface area contributed by atoms with Gasteiger partial charge >= 0.3 is 0 Å². The molecule has 0 unspecified atom stereocenters. The molecule has 23 heavy (non-hydrogen) atoms. The van der Waals surface area contributed by atoms with Crippen LogP contribution in [0.4, 0.5) is 0 Å². The molecule has 0 saturated carbocycles. The van der Waals surface area contributed by atoms with Crippen LogP contribution in [0.2, 0.25) is 0 Å². The summed E-state index contributed by atoms with van der Waals surface area (Å²) in [5.41, 5.74) is 6.42. The summed E-state index contributed by atoms with van der Waals surface area (Å²) in [6, 6.07) is 32.4. The highest BCUT2D eigenvalue weighted by Gasteiger charge is 2.09. The van der Waals surface area contributed by atoms with Gasteiger partial charge in [0.2, 0.25) is 0 Å². The zero-order valence-corrected chi connectivity index (χ0v) is 13.2. The van der Waals surface area contributed by atoms with Crippen LogP contribution in [0.15, 0.2) is 91.0 Å². The molecule has 0 fully saturated rings. The van der Waals surface area contributed by atoms with Crippen molar-refractivity contribution in [1.29, 1.82) is 0 Å². The molecule has 4 aromatic rings. The molecule has 4 aromatic carbocycles. The molecule has 4 rings (SSSR count). The van der Waals surface area contributed by atoms with Crippen molar-refractivity contribution in [1.82, 2.24) is 0 Å². The van der Waals surface area contributed by atoms with Crippen LogP contribution in [-0.4, -0.2) is 0 Å². The Kier molecular flexibility index (Phi) is 3.44. The van der Waals surface area contributed by atoms with E-state index in [9.17, 15) is 0 Å². The van der Waals surface area contributed by atoms with Crippen molar-refractivity contribution in [3.63, 3.8) is 0 Å². The second-order valence-corrected chi connectivity index (χ2v) is 5.93. The van der Waals surface area contributed by atoms with Crippen LogP contribution in [0.3, 0.4) is 0 Å². The monoisotopic (exact) mass is 294 g/mol. The van der Waals surface area contributed by atoms with Crippen LogP contribution in [0.5, 0.6) is 0 Å². The highest BCUT2D eigenvalue weighted by Crippen LogP contribution is 2.35. The fourth-order valence-corrected chi connectivity index (χ4v) is 3.26. The van der Waals surface area contributed by atoms with Gasteiger partial charge in [-0.25, -0.2) is 0 Å². The maximum atomic E-state index is 2.32. The Balaban J connectivity index is 2.06. The molecule has 0 spiro atoms. The molecule has 0 bridgehead atoms. The maximum absolute atomic E-state index is 2.32. The Morgan fingerprint density at radius 2 is 1.17 bits per heavy atom. The Labute approximate surface area is 137 Å². The number of hydrogen-bond acceptors (Lipinski definition) is 0. The van der Waals surface area contributed by atoms with Crippen molar-refractivity contribution in [2.24, 2.45) is 0 Å². The van der Waals surface area contributed by atoms with Gasteiger partial charge in [0.15, 0.2) is 0 Å². The van der Waals surface area contributed by atoms with Gasteiger partial charge in [0.25, 0.3) is 0 Å².